The zero-order chi connectivity index (χ0) is 23.1. The fraction of sp³-hybridized carbons (Fsp3) is 0.0909. The molecule has 7 nitrogen and oxygen atoms in total. The van der Waals surface area contributed by atoms with Gasteiger partial charge in [-0.3, -0.25) is 4.79 Å². The van der Waals surface area contributed by atoms with Crippen molar-refractivity contribution >= 4 is 27.4 Å². The molecular formula is C22H17F2NO6S. The normalized spacial score (nSPS) is 11.1. The highest BCUT2D eigenvalue weighted by molar-refractivity contribution is 7.91. The number of hydrogen-bond acceptors (Lipinski definition) is 6. The lowest BCUT2D eigenvalue weighted by Gasteiger charge is -2.12. The Morgan fingerprint density at radius 2 is 1.50 bits per heavy atom. The van der Waals surface area contributed by atoms with Crippen LogP contribution in [0, 0.1) is 0 Å². The predicted molar refractivity (Wildman–Crippen MR) is 112 cm³/mol. The van der Waals surface area contributed by atoms with E-state index in [1.54, 1.807) is 48.5 Å². The molecule has 3 aromatic rings. The number of esters is 1. The second-order valence-electron chi connectivity index (χ2n) is 6.37. The SMILES string of the molecule is O=C(COC(=O)c1ccc(S(=O)(=O)C(F)F)cc1)Nc1ccccc1Oc1ccccc1. The summed E-state index contributed by atoms with van der Waals surface area (Å²) in [7, 11) is -4.77. The summed E-state index contributed by atoms with van der Waals surface area (Å²) in [5.41, 5.74) is 0.262. The van der Waals surface area contributed by atoms with Crippen molar-refractivity contribution in [2.75, 3.05) is 11.9 Å². The van der Waals surface area contributed by atoms with Crippen LogP contribution < -0.4 is 10.1 Å². The summed E-state index contributed by atoms with van der Waals surface area (Å²) in [5, 5.41) is 2.58. The maximum absolute atomic E-state index is 12.6. The van der Waals surface area contributed by atoms with Crippen LogP contribution in [0.1, 0.15) is 10.4 Å². The number of alkyl halides is 2. The number of halogens is 2. The van der Waals surface area contributed by atoms with Gasteiger partial charge in [0.2, 0.25) is 9.84 Å². The molecule has 0 bridgehead atoms. The Bertz CT molecular complexity index is 1200. The largest absolute Gasteiger partial charge is 0.455 e. The number of sulfone groups is 1. The van der Waals surface area contributed by atoms with Crippen molar-refractivity contribution in [3.05, 3.63) is 84.4 Å². The molecule has 1 N–H and O–H groups in total. The number of anilines is 1. The third-order valence-corrected chi connectivity index (χ3v) is 5.52. The number of nitrogens with one attached hydrogen (secondary N) is 1. The fourth-order valence-corrected chi connectivity index (χ4v) is 3.28. The molecule has 10 heteroatoms. The van der Waals surface area contributed by atoms with Gasteiger partial charge in [-0.15, -0.1) is 0 Å². The summed E-state index contributed by atoms with van der Waals surface area (Å²) >= 11 is 0. The minimum atomic E-state index is -4.77. The maximum Gasteiger partial charge on any atom is 0.341 e. The van der Waals surface area contributed by atoms with E-state index >= 15 is 0 Å². The number of para-hydroxylation sites is 3. The highest BCUT2D eigenvalue weighted by Gasteiger charge is 2.26. The van der Waals surface area contributed by atoms with Crippen molar-refractivity contribution < 1.29 is 36.3 Å². The summed E-state index contributed by atoms with van der Waals surface area (Å²) in [4.78, 5) is 23.7. The average Bonchev–Trinajstić information content (AvgIpc) is 2.79. The Morgan fingerprint density at radius 1 is 0.875 bits per heavy atom. The number of carbonyl (C=O) groups excluding carboxylic acids is 2. The van der Waals surface area contributed by atoms with E-state index in [2.05, 4.69) is 5.32 Å². The topological polar surface area (TPSA) is 98.8 Å². The zero-order valence-electron chi connectivity index (χ0n) is 16.4. The van der Waals surface area contributed by atoms with E-state index < -0.39 is 39.0 Å². The number of carbonyl (C=O) groups is 2. The standard InChI is InChI=1S/C22H17F2NO6S/c23-22(24)32(28,29)17-12-10-15(11-13-17)21(27)30-14-20(26)25-18-8-4-5-9-19(18)31-16-6-2-1-3-7-16/h1-13,22H,14H2,(H,25,26). The Labute approximate surface area is 182 Å². The second-order valence-corrected chi connectivity index (χ2v) is 8.28. The van der Waals surface area contributed by atoms with E-state index in [1.165, 1.54) is 0 Å². The minimum Gasteiger partial charge on any atom is -0.455 e. The van der Waals surface area contributed by atoms with Crippen molar-refractivity contribution in [2.24, 2.45) is 0 Å². The number of hydrogen-bond donors (Lipinski definition) is 1. The molecule has 0 saturated heterocycles. The lowest BCUT2D eigenvalue weighted by Crippen LogP contribution is -2.21. The first kappa shape index (κ1) is 22.9. The molecule has 166 valence electrons. The first-order chi connectivity index (χ1) is 15.3. The molecule has 0 aliphatic heterocycles. The number of benzene rings is 3. The summed E-state index contributed by atoms with van der Waals surface area (Å²) < 4.78 is 58.6. The fourth-order valence-electron chi connectivity index (χ4n) is 2.56. The van der Waals surface area contributed by atoms with Crippen molar-refractivity contribution in [1.29, 1.82) is 0 Å². The van der Waals surface area contributed by atoms with Crippen LogP contribution in [0.4, 0.5) is 14.5 Å². The van der Waals surface area contributed by atoms with E-state index in [0.29, 0.717) is 17.2 Å². The van der Waals surface area contributed by atoms with Gasteiger partial charge in [0, 0.05) is 0 Å². The number of rotatable bonds is 8. The Kier molecular flexibility index (Phi) is 7.16. The van der Waals surface area contributed by atoms with E-state index in [4.69, 9.17) is 9.47 Å². The molecule has 3 aromatic carbocycles. The van der Waals surface area contributed by atoms with Crippen LogP contribution in [0.5, 0.6) is 11.5 Å². The third kappa shape index (κ3) is 5.67. The van der Waals surface area contributed by atoms with Crippen LogP contribution in [0.2, 0.25) is 0 Å². The van der Waals surface area contributed by atoms with Gasteiger partial charge in [0.15, 0.2) is 12.4 Å². The molecule has 0 fully saturated rings. The number of ether oxygens (including phenoxy) is 2. The molecule has 0 radical (unpaired) electrons. The van der Waals surface area contributed by atoms with Gasteiger partial charge in [0.05, 0.1) is 16.1 Å². The maximum atomic E-state index is 12.6. The van der Waals surface area contributed by atoms with Gasteiger partial charge >= 0.3 is 11.7 Å². The third-order valence-electron chi connectivity index (χ3n) is 4.12. The molecule has 0 aliphatic rings. The molecule has 0 aliphatic carbocycles. The summed E-state index contributed by atoms with van der Waals surface area (Å²) in [6.07, 6.45) is 0. The van der Waals surface area contributed by atoms with E-state index in [0.717, 1.165) is 24.3 Å². The van der Waals surface area contributed by atoms with Crippen LogP contribution in [0.15, 0.2) is 83.8 Å². The molecule has 32 heavy (non-hydrogen) atoms. The summed E-state index contributed by atoms with van der Waals surface area (Å²) in [5.74, 6) is -4.18. The highest BCUT2D eigenvalue weighted by Crippen LogP contribution is 2.29. The van der Waals surface area contributed by atoms with Gasteiger partial charge in [-0.25, -0.2) is 13.2 Å². The van der Waals surface area contributed by atoms with Crippen molar-refractivity contribution in [2.45, 2.75) is 10.7 Å². The Balaban J connectivity index is 1.59. The molecule has 3 rings (SSSR count). The molecule has 0 spiro atoms. The molecule has 0 unspecified atom stereocenters. The monoisotopic (exact) mass is 461 g/mol. The Hall–Kier alpha value is -3.79. The molecule has 0 atom stereocenters. The first-order valence-electron chi connectivity index (χ1n) is 9.18. The van der Waals surface area contributed by atoms with Crippen LogP contribution in [-0.2, 0) is 19.4 Å². The lowest BCUT2D eigenvalue weighted by atomic mass is 10.2. The predicted octanol–water partition coefficient (Wildman–Crippen LogP) is 4.27. The van der Waals surface area contributed by atoms with Crippen molar-refractivity contribution in [1.82, 2.24) is 0 Å². The van der Waals surface area contributed by atoms with Crippen molar-refractivity contribution in [3.63, 3.8) is 0 Å². The van der Waals surface area contributed by atoms with Gasteiger partial charge in [-0.05, 0) is 48.5 Å². The van der Waals surface area contributed by atoms with Gasteiger partial charge in [0.25, 0.3) is 5.91 Å². The highest BCUT2D eigenvalue weighted by atomic mass is 32.2. The van der Waals surface area contributed by atoms with E-state index in [1.807, 2.05) is 6.07 Å². The average molecular weight is 461 g/mol. The number of amides is 1. The zero-order valence-corrected chi connectivity index (χ0v) is 17.2. The molecule has 0 aromatic heterocycles. The Morgan fingerprint density at radius 3 is 2.16 bits per heavy atom. The smallest absolute Gasteiger partial charge is 0.341 e. The summed E-state index contributed by atoms with van der Waals surface area (Å²) in [6.45, 7) is -0.629. The van der Waals surface area contributed by atoms with Crippen molar-refractivity contribution in [3.8, 4) is 11.5 Å². The van der Waals surface area contributed by atoms with Gasteiger partial charge in [0.1, 0.15) is 5.75 Å². The van der Waals surface area contributed by atoms with Gasteiger partial charge in [-0.2, -0.15) is 8.78 Å². The summed E-state index contributed by atoms with van der Waals surface area (Å²) in [6, 6.07) is 19.4. The molecule has 0 saturated carbocycles. The molecule has 0 heterocycles. The lowest BCUT2D eigenvalue weighted by molar-refractivity contribution is -0.119. The molecule has 1 amide bonds. The van der Waals surface area contributed by atoms with Crippen LogP contribution in [0.25, 0.3) is 0 Å². The van der Waals surface area contributed by atoms with E-state index in [-0.39, 0.29) is 5.56 Å². The van der Waals surface area contributed by atoms with E-state index in [9.17, 15) is 26.8 Å². The second kappa shape index (κ2) is 10.0. The quantitative estimate of drug-likeness (QED) is 0.503. The van der Waals surface area contributed by atoms with Crippen LogP contribution in [-0.4, -0.2) is 32.7 Å². The van der Waals surface area contributed by atoms with Gasteiger partial charge < -0.3 is 14.8 Å². The first-order valence-corrected chi connectivity index (χ1v) is 10.7. The molecular weight excluding hydrogens is 444 g/mol. The van der Waals surface area contributed by atoms with Crippen LogP contribution >= 0.6 is 0 Å². The minimum absolute atomic E-state index is 0.0983. The van der Waals surface area contributed by atoms with Gasteiger partial charge in [-0.1, -0.05) is 30.3 Å². The van der Waals surface area contributed by atoms with Crippen LogP contribution in [0.3, 0.4) is 0 Å².